The molecule has 3 fully saturated rings. The zero-order valence-corrected chi connectivity index (χ0v) is 34.4. The second-order valence-corrected chi connectivity index (χ2v) is 19.8. The fraction of sp³-hybridized carbons (Fsp3) is 0.651. The highest BCUT2D eigenvalue weighted by Gasteiger charge is 2.50. The maximum Gasteiger partial charge on any atom is 0.264 e. The molecule has 2 aliphatic carbocycles. The van der Waals surface area contributed by atoms with Crippen LogP contribution in [0.25, 0.3) is 0 Å². The summed E-state index contributed by atoms with van der Waals surface area (Å²) in [5.74, 6) is 0.491. The van der Waals surface area contributed by atoms with E-state index in [0.29, 0.717) is 30.6 Å². The lowest BCUT2D eigenvalue weighted by atomic mass is 9.63. The molecule has 1 N–H and O–H groups in total. The molecule has 4 heterocycles. The van der Waals surface area contributed by atoms with Crippen molar-refractivity contribution < 1.29 is 27.4 Å². The van der Waals surface area contributed by atoms with Crippen molar-refractivity contribution in [3.63, 3.8) is 0 Å². The fourth-order valence-corrected chi connectivity index (χ4v) is 12.0. The lowest BCUT2D eigenvalue weighted by Gasteiger charge is -2.52. The molecule has 1 spiro atoms. The number of methoxy groups -OCH3 is 1. The van der Waals surface area contributed by atoms with Gasteiger partial charge in [-0.3, -0.25) is 14.6 Å². The van der Waals surface area contributed by atoms with Crippen molar-refractivity contribution in [1.29, 1.82) is 0 Å². The van der Waals surface area contributed by atoms with E-state index >= 15 is 0 Å². The Hall–Kier alpha value is -2.67. The number of hydrogen-bond acceptors (Lipinski definition) is 9. The Balaban J connectivity index is 1.15. The Morgan fingerprint density at radius 2 is 1.82 bits per heavy atom. The van der Waals surface area contributed by atoms with Crippen molar-refractivity contribution in [2.24, 2.45) is 17.8 Å². The van der Waals surface area contributed by atoms with Gasteiger partial charge in [0.05, 0.1) is 17.5 Å². The molecule has 8 rings (SSSR count). The summed E-state index contributed by atoms with van der Waals surface area (Å²) >= 11 is 6.52. The molecule has 2 aromatic rings. The third-order valence-electron chi connectivity index (χ3n) is 14.2. The Morgan fingerprint density at radius 3 is 2.56 bits per heavy atom. The monoisotopic (exact) mass is 794 g/mol. The van der Waals surface area contributed by atoms with Crippen LogP contribution in [0.5, 0.6) is 5.75 Å². The largest absolute Gasteiger partial charge is 0.490 e. The van der Waals surface area contributed by atoms with Gasteiger partial charge in [0.2, 0.25) is 10.0 Å². The van der Waals surface area contributed by atoms with Crippen molar-refractivity contribution >= 4 is 33.2 Å². The molecule has 10 nitrogen and oxygen atoms in total. The van der Waals surface area contributed by atoms with Gasteiger partial charge in [-0.2, -0.15) is 0 Å². The Kier molecular flexibility index (Phi) is 11.3. The number of allylic oxidation sites excluding steroid dienone is 1. The molecule has 0 unspecified atom stereocenters. The normalized spacial score (nSPS) is 34.0. The zero-order chi connectivity index (χ0) is 38.4. The molecule has 1 amide bonds. The van der Waals surface area contributed by atoms with E-state index in [1.807, 2.05) is 32.2 Å². The predicted octanol–water partition coefficient (Wildman–Crippen LogP) is 6.07. The number of hydrogen-bond donors (Lipinski definition) is 1. The van der Waals surface area contributed by atoms with Crippen molar-refractivity contribution in [2.45, 2.75) is 87.5 Å². The van der Waals surface area contributed by atoms with Crippen LogP contribution in [0.15, 0.2) is 48.6 Å². The summed E-state index contributed by atoms with van der Waals surface area (Å²) in [6.45, 7) is 12.2. The van der Waals surface area contributed by atoms with Gasteiger partial charge in [-0.1, -0.05) is 36.7 Å². The summed E-state index contributed by atoms with van der Waals surface area (Å²) in [4.78, 5) is 21.4. The number of ether oxygens (including phenoxy) is 3. The van der Waals surface area contributed by atoms with Crippen LogP contribution in [0, 0.1) is 17.8 Å². The van der Waals surface area contributed by atoms with Crippen molar-refractivity contribution in [1.82, 2.24) is 14.5 Å². The molecule has 0 radical (unpaired) electrons. The van der Waals surface area contributed by atoms with Crippen molar-refractivity contribution in [3.05, 3.63) is 70.3 Å². The van der Waals surface area contributed by atoms with E-state index in [2.05, 4.69) is 43.7 Å². The summed E-state index contributed by atoms with van der Waals surface area (Å²) in [6, 6.07) is 12.3. The minimum atomic E-state index is -3.96. The number of rotatable bonds is 4. The molecule has 6 aliphatic rings. The van der Waals surface area contributed by atoms with Gasteiger partial charge in [-0.15, -0.1) is 0 Å². The van der Waals surface area contributed by atoms with Crippen LogP contribution in [0.1, 0.15) is 80.3 Å². The summed E-state index contributed by atoms with van der Waals surface area (Å²) in [5, 5.41) is -0.0275. The van der Waals surface area contributed by atoms with E-state index in [0.717, 1.165) is 120 Å². The average molecular weight is 795 g/mol. The standard InChI is InChI=1S/C43H59ClN4O6S/c1-30-6-4-17-43(52-3,28-46-18-20-47(21-19-46)36-14-22-53-23-15-36)38-11-8-34(38)26-48-27-42(16-5-7-32-24-35(44)10-12-37(32)42)29-54-40-13-9-33(25-39(40)48)41(49)45-55(50,51)31(30)2/h4,9-10,12-13,17,24-25,30-31,34,36,38H,5-8,11,14-16,18-23,26-29H2,1-3H3,(H,45,49)/b17-4-/t30-,31+,34-,38+,42-,43+/m0/s1. The van der Waals surface area contributed by atoms with Crippen molar-refractivity contribution in [3.8, 4) is 5.75 Å². The van der Waals surface area contributed by atoms with Crippen LogP contribution >= 0.6 is 11.6 Å². The summed E-state index contributed by atoms with van der Waals surface area (Å²) in [5.41, 5.74) is 2.91. The number of carbonyl (C=O) groups is 1. The Morgan fingerprint density at radius 1 is 1.02 bits per heavy atom. The van der Waals surface area contributed by atoms with Gasteiger partial charge < -0.3 is 19.1 Å². The van der Waals surface area contributed by atoms with E-state index in [9.17, 15) is 13.2 Å². The maximum absolute atomic E-state index is 13.7. The van der Waals surface area contributed by atoms with Crippen LogP contribution in [-0.4, -0.2) is 114 Å². The second-order valence-electron chi connectivity index (χ2n) is 17.3. The number of piperazine rings is 1. The first-order chi connectivity index (χ1) is 26.5. The molecule has 12 heteroatoms. The molecule has 300 valence electrons. The van der Waals surface area contributed by atoms with E-state index < -0.39 is 26.8 Å². The van der Waals surface area contributed by atoms with Crippen LogP contribution in [0.3, 0.4) is 0 Å². The van der Waals surface area contributed by atoms with Gasteiger partial charge >= 0.3 is 0 Å². The third-order valence-corrected chi connectivity index (χ3v) is 16.3. The average Bonchev–Trinajstić information content (AvgIpc) is 3.32. The van der Waals surface area contributed by atoms with Gasteiger partial charge in [0.1, 0.15) is 11.4 Å². The number of carbonyl (C=O) groups excluding carboxylic acids is 1. The number of aryl methyl sites for hydroxylation is 1. The highest BCUT2D eigenvalue weighted by Crippen LogP contribution is 2.49. The lowest BCUT2D eigenvalue weighted by molar-refractivity contribution is -0.0975. The number of sulfonamides is 1. The number of amides is 1. The number of fused-ring (bicyclic) bond motifs is 4. The maximum atomic E-state index is 13.7. The Bertz CT molecular complexity index is 1860. The van der Waals surface area contributed by atoms with E-state index in [1.54, 1.807) is 13.0 Å². The van der Waals surface area contributed by atoms with Crippen LogP contribution < -0.4 is 14.4 Å². The zero-order valence-electron chi connectivity index (χ0n) is 32.8. The molecule has 2 bridgehead atoms. The summed E-state index contributed by atoms with van der Waals surface area (Å²) in [7, 11) is -2.09. The molecule has 6 atom stereocenters. The minimum Gasteiger partial charge on any atom is -0.490 e. The molecule has 2 aromatic carbocycles. The number of anilines is 1. The minimum absolute atomic E-state index is 0.218. The van der Waals surface area contributed by atoms with Gasteiger partial charge in [0.25, 0.3) is 5.91 Å². The summed E-state index contributed by atoms with van der Waals surface area (Å²) in [6.07, 6.45) is 12.3. The Labute approximate surface area is 332 Å². The second kappa shape index (κ2) is 15.9. The molecular weight excluding hydrogens is 736 g/mol. The smallest absolute Gasteiger partial charge is 0.264 e. The van der Waals surface area contributed by atoms with Gasteiger partial charge in [0, 0.05) is 88.2 Å². The first-order valence-electron chi connectivity index (χ1n) is 20.6. The summed E-state index contributed by atoms with van der Waals surface area (Å²) < 4.78 is 48.8. The van der Waals surface area contributed by atoms with Crippen LogP contribution in [0.2, 0.25) is 5.02 Å². The molecule has 1 saturated carbocycles. The molecule has 55 heavy (non-hydrogen) atoms. The highest BCUT2D eigenvalue weighted by atomic mass is 35.5. The van der Waals surface area contributed by atoms with Gasteiger partial charge in [0.15, 0.2) is 0 Å². The van der Waals surface area contributed by atoms with E-state index in [1.165, 1.54) is 11.1 Å². The van der Waals surface area contributed by atoms with E-state index in [4.69, 9.17) is 25.8 Å². The molecule has 2 saturated heterocycles. The first-order valence-corrected chi connectivity index (χ1v) is 22.6. The highest BCUT2D eigenvalue weighted by molar-refractivity contribution is 7.90. The van der Waals surface area contributed by atoms with Gasteiger partial charge in [-0.25, -0.2) is 13.1 Å². The van der Waals surface area contributed by atoms with Crippen LogP contribution in [0.4, 0.5) is 5.69 Å². The van der Waals surface area contributed by atoms with E-state index in [-0.39, 0.29) is 17.3 Å². The lowest BCUT2D eigenvalue weighted by Crippen LogP contribution is -2.59. The molecule has 0 aromatic heterocycles. The number of nitrogens with one attached hydrogen (secondary N) is 1. The first kappa shape index (κ1) is 39.2. The van der Waals surface area contributed by atoms with Crippen molar-refractivity contribution in [2.75, 3.05) is 77.6 Å². The number of nitrogens with zero attached hydrogens (tertiary/aromatic N) is 3. The fourth-order valence-electron chi connectivity index (χ4n) is 10.5. The topological polar surface area (TPSA) is 101 Å². The van der Waals surface area contributed by atoms with Gasteiger partial charge in [-0.05, 0) is 118 Å². The number of benzene rings is 2. The molecular formula is C43H59ClN4O6S. The quantitative estimate of drug-likeness (QED) is 0.370. The van der Waals surface area contributed by atoms with Crippen LogP contribution in [-0.2, 0) is 31.3 Å². The SMILES string of the molecule is CO[C@@]1(CN2CCN(C3CCOCC3)CC2)/C=C\C[C@H](C)[C@@H](C)S(=O)(=O)NC(=O)c2ccc3c(c2)N(C[C@@H]2CC[C@H]21)C[C@@]1(CCCc2cc(Cl)ccc21)CO3. The number of halogens is 1. The predicted molar refractivity (Wildman–Crippen MR) is 217 cm³/mol. The third kappa shape index (κ3) is 7.83. The molecule has 4 aliphatic heterocycles.